The molecule has 0 amide bonds. The summed E-state index contributed by atoms with van der Waals surface area (Å²) in [5, 5.41) is 7.81. The van der Waals surface area contributed by atoms with Crippen molar-refractivity contribution in [3.63, 3.8) is 0 Å². The monoisotopic (exact) mass is 392 g/mol. The maximum Gasteiger partial charge on any atom is 0.127 e. The van der Waals surface area contributed by atoms with Gasteiger partial charge in [-0.25, -0.2) is 0 Å². The van der Waals surface area contributed by atoms with Crippen LogP contribution in [0, 0.1) is 3.57 Å². The Labute approximate surface area is 139 Å². The predicted molar refractivity (Wildman–Crippen MR) is 97.7 cm³/mol. The van der Waals surface area contributed by atoms with E-state index in [1.165, 1.54) is 15.7 Å². The molecule has 1 N–H and O–H groups in total. The predicted octanol–water partition coefficient (Wildman–Crippen LogP) is 5.97. The third kappa shape index (κ3) is 6.81. The largest absolute Gasteiger partial charge is 0.516 e. The van der Waals surface area contributed by atoms with Crippen molar-refractivity contribution in [1.29, 1.82) is 0 Å². The van der Waals surface area contributed by atoms with Crippen LogP contribution in [0.3, 0.4) is 0 Å². The lowest BCUT2D eigenvalue weighted by Gasteiger charge is -2.05. The van der Waals surface area contributed by atoms with Crippen LogP contribution in [0.1, 0.15) is 5.56 Å². The summed E-state index contributed by atoms with van der Waals surface area (Å²) in [5.41, 5.74) is 1.09. The van der Waals surface area contributed by atoms with Gasteiger partial charge in [-0.15, -0.1) is 0 Å². The zero-order valence-corrected chi connectivity index (χ0v) is 13.7. The Balaban J connectivity index is 0.000000383. The van der Waals surface area contributed by atoms with Gasteiger partial charge in [0.15, 0.2) is 0 Å². The Kier molecular flexibility index (Phi) is 7.97. The van der Waals surface area contributed by atoms with Crippen LogP contribution >= 0.6 is 22.6 Å². The van der Waals surface area contributed by atoms with E-state index in [4.69, 9.17) is 9.84 Å². The van der Waals surface area contributed by atoms with Crippen LogP contribution in [0.15, 0.2) is 80.1 Å². The Hall–Kier alpha value is -2.01. The van der Waals surface area contributed by atoms with Gasteiger partial charge in [-0.1, -0.05) is 37.4 Å². The first-order chi connectivity index (χ1) is 10.2. The number of rotatable bonds is 4. The third-order valence-electron chi connectivity index (χ3n) is 2.39. The molecular formula is C18H17IO2. The van der Waals surface area contributed by atoms with E-state index in [0.717, 1.165) is 23.3 Å². The van der Waals surface area contributed by atoms with Gasteiger partial charge >= 0.3 is 0 Å². The molecule has 0 aliphatic carbocycles. The van der Waals surface area contributed by atoms with Crippen molar-refractivity contribution in [2.45, 2.75) is 0 Å². The topological polar surface area (TPSA) is 29.5 Å². The molecule has 0 unspecified atom stereocenters. The smallest absolute Gasteiger partial charge is 0.127 e. The Morgan fingerprint density at radius 3 is 1.81 bits per heavy atom. The summed E-state index contributed by atoms with van der Waals surface area (Å²) < 4.78 is 6.90. The summed E-state index contributed by atoms with van der Waals surface area (Å²) in [6, 6.07) is 15.8. The number of aliphatic hydroxyl groups excluding tert-OH is 1. The fourth-order valence-corrected chi connectivity index (χ4v) is 1.73. The lowest BCUT2D eigenvalue weighted by atomic mass is 10.2. The van der Waals surface area contributed by atoms with Gasteiger partial charge in [-0.3, -0.25) is 0 Å². The van der Waals surface area contributed by atoms with E-state index in [9.17, 15) is 0 Å². The second-order valence-corrected chi connectivity index (χ2v) is 5.15. The summed E-state index contributed by atoms with van der Waals surface area (Å²) in [5.74, 6) is 1.69. The number of ether oxygens (including phenoxy) is 1. The summed E-state index contributed by atoms with van der Waals surface area (Å²) in [4.78, 5) is 0. The lowest BCUT2D eigenvalue weighted by Crippen LogP contribution is -1.84. The second kappa shape index (κ2) is 9.83. The molecule has 0 aliphatic rings. The normalized spacial score (nSPS) is 9.57. The van der Waals surface area contributed by atoms with Crippen molar-refractivity contribution in [3.8, 4) is 11.5 Å². The van der Waals surface area contributed by atoms with Crippen LogP contribution in [-0.4, -0.2) is 5.11 Å². The first-order valence-corrected chi connectivity index (χ1v) is 7.35. The Morgan fingerprint density at radius 2 is 1.43 bits per heavy atom. The molecule has 0 aliphatic heterocycles. The van der Waals surface area contributed by atoms with Crippen molar-refractivity contribution >= 4 is 28.7 Å². The minimum absolute atomic E-state index is 0.840. The van der Waals surface area contributed by atoms with Gasteiger partial charge < -0.3 is 9.84 Å². The van der Waals surface area contributed by atoms with E-state index in [-0.39, 0.29) is 0 Å². The number of aliphatic hydroxyl groups is 1. The van der Waals surface area contributed by atoms with E-state index >= 15 is 0 Å². The zero-order chi connectivity index (χ0) is 15.5. The fraction of sp³-hybridized carbons (Fsp3) is 0. The summed E-state index contributed by atoms with van der Waals surface area (Å²) in [7, 11) is 0. The van der Waals surface area contributed by atoms with Crippen LogP contribution in [0.25, 0.3) is 6.08 Å². The van der Waals surface area contributed by atoms with Gasteiger partial charge in [0.1, 0.15) is 11.5 Å². The molecule has 2 aromatic rings. The summed E-state index contributed by atoms with van der Waals surface area (Å²) >= 11 is 2.27. The van der Waals surface area contributed by atoms with E-state index in [2.05, 4.69) is 35.7 Å². The number of allylic oxidation sites excluding steroid dienone is 2. The molecule has 21 heavy (non-hydrogen) atoms. The molecule has 0 spiro atoms. The molecule has 108 valence electrons. The lowest BCUT2D eigenvalue weighted by molar-refractivity contribution is 0.474. The average molecular weight is 392 g/mol. The van der Waals surface area contributed by atoms with Crippen LogP contribution in [0.5, 0.6) is 11.5 Å². The van der Waals surface area contributed by atoms with Crippen molar-refractivity contribution in [1.82, 2.24) is 0 Å². The maximum absolute atomic E-state index is 7.81. The Morgan fingerprint density at radius 1 is 0.905 bits per heavy atom. The highest BCUT2D eigenvalue weighted by Gasteiger charge is 1.96. The zero-order valence-electron chi connectivity index (χ0n) is 11.6. The van der Waals surface area contributed by atoms with E-state index in [1.54, 1.807) is 0 Å². The van der Waals surface area contributed by atoms with Gasteiger partial charge in [-0.05, 0) is 70.6 Å². The van der Waals surface area contributed by atoms with Crippen molar-refractivity contribution in [2.24, 2.45) is 0 Å². The molecule has 0 aromatic heterocycles. The molecule has 2 aromatic carbocycles. The molecule has 0 bridgehead atoms. The number of benzene rings is 2. The molecule has 2 rings (SSSR count). The van der Waals surface area contributed by atoms with E-state index < -0.39 is 0 Å². The highest BCUT2D eigenvalue weighted by Crippen LogP contribution is 2.22. The first kappa shape index (κ1) is 17.0. The minimum atomic E-state index is 0.840. The Bertz CT molecular complexity index is 584. The fourth-order valence-electron chi connectivity index (χ4n) is 1.37. The average Bonchev–Trinajstić information content (AvgIpc) is 2.52. The van der Waals surface area contributed by atoms with Crippen LogP contribution in [0.2, 0.25) is 0 Å². The van der Waals surface area contributed by atoms with E-state index in [0.29, 0.717) is 0 Å². The number of hydrogen-bond acceptors (Lipinski definition) is 2. The van der Waals surface area contributed by atoms with Gasteiger partial charge in [-0.2, -0.15) is 0 Å². The van der Waals surface area contributed by atoms with Crippen molar-refractivity contribution in [3.05, 3.63) is 89.2 Å². The molecule has 0 saturated carbocycles. The number of halogens is 1. The molecule has 0 heterocycles. The summed E-state index contributed by atoms with van der Waals surface area (Å²) in [6.07, 6.45) is 5.70. The van der Waals surface area contributed by atoms with Gasteiger partial charge in [0.2, 0.25) is 0 Å². The standard InChI is InChI=1S/C14H11IO.C4H6O/c1-2-11-3-7-13(8-4-11)16-14-9-5-12(15)6-10-14;1-2-3-4-5/h2-10H,1H2;2-5H,1H2. The summed E-state index contributed by atoms with van der Waals surface area (Å²) in [6.45, 7) is 7.02. The van der Waals surface area contributed by atoms with Crippen LogP contribution in [-0.2, 0) is 0 Å². The molecule has 3 heteroatoms. The van der Waals surface area contributed by atoms with Gasteiger partial charge in [0.05, 0.1) is 6.26 Å². The number of hydrogen-bond donors (Lipinski definition) is 1. The molecule has 0 radical (unpaired) electrons. The SMILES string of the molecule is C=CC=CO.C=Cc1ccc(Oc2ccc(I)cc2)cc1. The van der Waals surface area contributed by atoms with Gasteiger partial charge in [0.25, 0.3) is 0 Å². The third-order valence-corrected chi connectivity index (χ3v) is 3.11. The minimum Gasteiger partial charge on any atom is -0.516 e. The van der Waals surface area contributed by atoms with Crippen LogP contribution < -0.4 is 4.74 Å². The first-order valence-electron chi connectivity index (χ1n) is 6.27. The van der Waals surface area contributed by atoms with Crippen molar-refractivity contribution in [2.75, 3.05) is 0 Å². The quantitative estimate of drug-likeness (QED) is 0.395. The molecular weight excluding hydrogens is 375 g/mol. The highest BCUT2D eigenvalue weighted by molar-refractivity contribution is 14.1. The molecule has 0 saturated heterocycles. The van der Waals surface area contributed by atoms with Crippen LogP contribution in [0.4, 0.5) is 0 Å². The van der Waals surface area contributed by atoms with Gasteiger partial charge in [0, 0.05) is 3.57 Å². The molecule has 2 nitrogen and oxygen atoms in total. The highest BCUT2D eigenvalue weighted by atomic mass is 127. The molecule has 0 fully saturated rings. The van der Waals surface area contributed by atoms with E-state index in [1.807, 2.05) is 54.6 Å². The maximum atomic E-state index is 7.81. The molecule has 0 atom stereocenters. The van der Waals surface area contributed by atoms with Crippen molar-refractivity contribution < 1.29 is 9.84 Å². The second-order valence-electron chi connectivity index (χ2n) is 3.91.